The molecule has 0 radical (unpaired) electrons. The molecular formula is C18H19NOS. The highest BCUT2D eigenvalue weighted by molar-refractivity contribution is 7.99. The van der Waals surface area contributed by atoms with Gasteiger partial charge in [-0.3, -0.25) is 4.79 Å². The molecule has 1 amide bonds. The molecule has 1 fully saturated rings. The van der Waals surface area contributed by atoms with Gasteiger partial charge in [0.1, 0.15) is 0 Å². The number of rotatable bonds is 4. The minimum Gasteiger partial charge on any atom is -0.312 e. The first-order chi connectivity index (χ1) is 10.3. The first-order valence-electron chi connectivity index (χ1n) is 7.30. The number of carbonyl (C=O) groups excluding carboxylic acids is 1. The van der Waals surface area contributed by atoms with Crippen LogP contribution >= 0.6 is 11.8 Å². The first-order valence-corrected chi connectivity index (χ1v) is 8.28. The normalized spacial score (nSPS) is 21.8. The third kappa shape index (κ3) is 3.13. The molecule has 0 N–H and O–H groups in total. The summed E-state index contributed by atoms with van der Waals surface area (Å²) in [6, 6.07) is 20.3. The molecule has 1 aliphatic rings. The highest BCUT2D eigenvalue weighted by Gasteiger charge is 2.38. The molecule has 3 heteroatoms. The molecule has 1 aliphatic heterocycles. The molecule has 0 unspecified atom stereocenters. The van der Waals surface area contributed by atoms with E-state index < -0.39 is 0 Å². The van der Waals surface area contributed by atoms with Crippen LogP contribution in [0.3, 0.4) is 0 Å². The molecule has 2 atom stereocenters. The molecule has 21 heavy (non-hydrogen) atoms. The second kappa shape index (κ2) is 6.35. The summed E-state index contributed by atoms with van der Waals surface area (Å²) >= 11 is 1.77. The zero-order valence-electron chi connectivity index (χ0n) is 12.1. The Balaban J connectivity index is 1.68. The largest absolute Gasteiger partial charge is 0.312 e. The fourth-order valence-electron chi connectivity index (χ4n) is 2.73. The monoisotopic (exact) mass is 297 g/mol. The molecule has 2 aromatic rings. The fourth-order valence-corrected chi connectivity index (χ4v) is 3.92. The van der Waals surface area contributed by atoms with Gasteiger partial charge in [0.25, 0.3) is 0 Å². The lowest BCUT2D eigenvalue weighted by atomic mass is 10.0. The summed E-state index contributed by atoms with van der Waals surface area (Å²) < 4.78 is 0. The molecule has 1 heterocycles. The smallest absolute Gasteiger partial charge is 0.231 e. The van der Waals surface area contributed by atoms with Crippen molar-refractivity contribution in [2.75, 3.05) is 17.2 Å². The Labute approximate surface area is 130 Å². The third-order valence-corrected chi connectivity index (χ3v) is 5.11. The van der Waals surface area contributed by atoms with Gasteiger partial charge in [0.2, 0.25) is 5.91 Å². The minimum atomic E-state index is 0.107. The van der Waals surface area contributed by atoms with Crippen LogP contribution in [0.15, 0.2) is 65.6 Å². The average Bonchev–Trinajstić information content (AvgIpc) is 2.82. The lowest BCUT2D eigenvalue weighted by Gasteiger charge is -2.16. The van der Waals surface area contributed by atoms with Crippen LogP contribution in [0, 0.1) is 11.8 Å². The Morgan fingerprint density at radius 2 is 1.67 bits per heavy atom. The van der Waals surface area contributed by atoms with Crippen molar-refractivity contribution in [1.29, 1.82) is 0 Å². The van der Waals surface area contributed by atoms with E-state index in [-0.39, 0.29) is 11.8 Å². The zero-order valence-corrected chi connectivity index (χ0v) is 12.9. The number of anilines is 1. The molecule has 3 rings (SSSR count). The highest BCUT2D eigenvalue weighted by Crippen LogP contribution is 2.33. The maximum Gasteiger partial charge on any atom is 0.231 e. The topological polar surface area (TPSA) is 20.3 Å². The van der Waals surface area contributed by atoms with Crippen molar-refractivity contribution in [3.8, 4) is 0 Å². The van der Waals surface area contributed by atoms with Crippen LogP contribution in [-0.4, -0.2) is 18.2 Å². The molecule has 0 saturated carbocycles. The van der Waals surface area contributed by atoms with Crippen molar-refractivity contribution in [1.82, 2.24) is 0 Å². The lowest BCUT2D eigenvalue weighted by Crippen LogP contribution is -2.27. The quantitative estimate of drug-likeness (QED) is 0.793. The second-order valence-electron chi connectivity index (χ2n) is 5.49. The van der Waals surface area contributed by atoms with E-state index in [0.29, 0.717) is 5.92 Å². The van der Waals surface area contributed by atoms with Crippen molar-refractivity contribution in [2.45, 2.75) is 11.8 Å². The van der Waals surface area contributed by atoms with E-state index in [4.69, 9.17) is 0 Å². The van der Waals surface area contributed by atoms with Crippen LogP contribution in [0.2, 0.25) is 0 Å². The van der Waals surface area contributed by atoms with Gasteiger partial charge < -0.3 is 4.90 Å². The van der Waals surface area contributed by atoms with E-state index in [0.717, 1.165) is 18.0 Å². The molecule has 0 aromatic heterocycles. The lowest BCUT2D eigenvalue weighted by molar-refractivity contribution is -0.120. The van der Waals surface area contributed by atoms with Crippen LogP contribution in [-0.2, 0) is 4.79 Å². The van der Waals surface area contributed by atoms with Crippen LogP contribution in [0.5, 0.6) is 0 Å². The van der Waals surface area contributed by atoms with Gasteiger partial charge in [-0.05, 0) is 30.2 Å². The highest BCUT2D eigenvalue weighted by atomic mass is 32.2. The van der Waals surface area contributed by atoms with Gasteiger partial charge in [-0.2, -0.15) is 0 Å². The standard InChI is InChI=1S/C18H19NOS/c1-14-12-19(15-8-4-2-5-9-15)18(20)17(14)13-21-16-10-6-3-7-11-16/h2-11,14,17H,12-13H2,1H3/t14-,17-/m1/s1. The van der Waals surface area contributed by atoms with E-state index >= 15 is 0 Å². The number of amides is 1. The summed E-state index contributed by atoms with van der Waals surface area (Å²) in [6.45, 7) is 3.00. The Kier molecular flexibility index (Phi) is 4.30. The molecule has 2 nitrogen and oxygen atoms in total. The molecule has 2 aromatic carbocycles. The number of thioether (sulfide) groups is 1. The van der Waals surface area contributed by atoms with E-state index in [1.165, 1.54) is 4.90 Å². The summed E-state index contributed by atoms with van der Waals surface area (Å²) in [7, 11) is 0. The molecule has 0 spiro atoms. The maximum absolute atomic E-state index is 12.7. The van der Waals surface area contributed by atoms with Crippen LogP contribution in [0.1, 0.15) is 6.92 Å². The van der Waals surface area contributed by atoms with Crippen LogP contribution in [0.4, 0.5) is 5.69 Å². The first kappa shape index (κ1) is 14.2. The van der Waals surface area contributed by atoms with Gasteiger partial charge in [0, 0.05) is 22.9 Å². The van der Waals surface area contributed by atoms with Gasteiger partial charge in [-0.15, -0.1) is 11.8 Å². The molecular weight excluding hydrogens is 278 g/mol. The summed E-state index contributed by atoms with van der Waals surface area (Å²) in [4.78, 5) is 15.8. The van der Waals surface area contributed by atoms with Crippen LogP contribution < -0.4 is 4.90 Å². The number of para-hydroxylation sites is 1. The van der Waals surface area contributed by atoms with E-state index in [2.05, 4.69) is 19.1 Å². The Morgan fingerprint density at radius 3 is 2.33 bits per heavy atom. The predicted molar refractivity (Wildman–Crippen MR) is 88.6 cm³/mol. The van der Waals surface area contributed by atoms with Gasteiger partial charge >= 0.3 is 0 Å². The minimum absolute atomic E-state index is 0.107. The van der Waals surface area contributed by atoms with Gasteiger partial charge in [-0.25, -0.2) is 0 Å². The average molecular weight is 297 g/mol. The summed E-state index contributed by atoms with van der Waals surface area (Å²) in [5, 5.41) is 0. The number of nitrogens with zero attached hydrogens (tertiary/aromatic N) is 1. The number of hydrogen-bond donors (Lipinski definition) is 0. The van der Waals surface area contributed by atoms with Crippen molar-refractivity contribution in [2.24, 2.45) is 11.8 Å². The van der Waals surface area contributed by atoms with Crippen molar-refractivity contribution in [3.05, 3.63) is 60.7 Å². The number of hydrogen-bond acceptors (Lipinski definition) is 2. The molecule has 108 valence electrons. The maximum atomic E-state index is 12.7. The van der Waals surface area contributed by atoms with E-state index in [9.17, 15) is 4.79 Å². The zero-order chi connectivity index (χ0) is 14.7. The number of benzene rings is 2. The van der Waals surface area contributed by atoms with E-state index in [1.807, 2.05) is 53.4 Å². The Hall–Kier alpha value is -1.74. The second-order valence-corrected chi connectivity index (χ2v) is 6.59. The Bertz CT molecular complexity index is 599. The van der Waals surface area contributed by atoms with Crippen molar-refractivity contribution in [3.63, 3.8) is 0 Å². The van der Waals surface area contributed by atoms with Crippen molar-refractivity contribution < 1.29 is 4.79 Å². The van der Waals surface area contributed by atoms with Crippen LogP contribution in [0.25, 0.3) is 0 Å². The summed E-state index contributed by atoms with van der Waals surface area (Å²) in [5.74, 6) is 1.62. The van der Waals surface area contributed by atoms with Gasteiger partial charge in [0.15, 0.2) is 0 Å². The third-order valence-electron chi connectivity index (χ3n) is 3.98. The summed E-state index contributed by atoms with van der Waals surface area (Å²) in [5.41, 5.74) is 1.02. The number of carbonyl (C=O) groups is 1. The predicted octanol–water partition coefficient (Wildman–Crippen LogP) is 4.08. The SMILES string of the molecule is C[C@@H]1CN(c2ccccc2)C(=O)[C@@H]1CSc1ccccc1. The molecule has 1 saturated heterocycles. The summed E-state index contributed by atoms with van der Waals surface area (Å²) in [6.07, 6.45) is 0. The fraction of sp³-hybridized carbons (Fsp3) is 0.278. The van der Waals surface area contributed by atoms with Crippen molar-refractivity contribution >= 4 is 23.4 Å². The van der Waals surface area contributed by atoms with Gasteiger partial charge in [0.05, 0.1) is 5.92 Å². The van der Waals surface area contributed by atoms with Gasteiger partial charge in [-0.1, -0.05) is 43.3 Å². The molecule has 0 bridgehead atoms. The molecule has 0 aliphatic carbocycles. The Morgan fingerprint density at radius 1 is 1.05 bits per heavy atom. The van der Waals surface area contributed by atoms with E-state index in [1.54, 1.807) is 11.8 Å².